The van der Waals surface area contributed by atoms with Gasteiger partial charge < -0.3 is 4.90 Å². The molecule has 0 aliphatic heterocycles. The fourth-order valence-electron chi connectivity index (χ4n) is 1.82. The number of carbonyl (C=O) groups excluding carboxylic acids is 1. The third-order valence-corrected chi connectivity index (χ3v) is 3.46. The van der Waals surface area contributed by atoms with Crippen molar-refractivity contribution in [3.8, 4) is 0 Å². The van der Waals surface area contributed by atoms with Crippen LogP contribution in [0, 0.1) is 6.92 Å². The largest absolute Gasteiger partial charge is 0.337 e. The first-order chi connectivity index (χ1) is 9.47. The SMILES string of the molecule is Cc1cc(Cl)c(C(=O)N(C)Cc2ccc(Cl)cc2)cn1. The van der Waals surface area contributed by atoms with E-state index in [-0.39, 0.29) is 5.91 Å². The van der Waals surface area contributed by atoms with Crippen molar-refractivity contribution >= 4 is 29.1 Å². The maximum atomic E-state index is 12.3. The first-order valence-electron chi connectivity index (χ1n) is 6.09. The second-order valence-electron chi connectivity index (χ2n) is 4.59. The Kier molecular flexibility index (Phi) is 4.63. The highest BCUT2D eigenvalue weighted by molar-refractivity contribution is 6.33. The minimum Gasteiger partial charge on any atom is -0.337 e. The third-order valence-electron chi connectivity index (χ3n) is 2.90. The molecule has 0 N–H and O–H groups in total. The molecule has 1 amide bonds. The topological polar surface area (TPSA) is 33.2 Å². The van der Waals surface area contributed by atoms with Crippen LogP contribution < -0.4 is 0 Å². The number of carbonyl (C=O) groups is 1. The van der Waals surface area contributed by atoms with Crippen LogP contribution in [0.4, 0.5) is 0 Å². The summed E-state index contributed by atoms with van der Waals surface area (Å²) >= 11 is 11.9. The molecule has 104 valence electrons. The first kappa shape index (κ1) is 14.8. The Morgan fingerprint density at radius 1 is 1.25 bits per heavy atom. The standard InChI is InChI=1S/C15H14Cl2N2O/c1-10-7-14(17)13(8-18-10)15(20)19(2)9-11-3-5-12(16)6-4-11/h3-8H,9H2,1-2H3. The maximum absolute atomic E-state index is 12.3. The third kappa shape index (κ3) is 3.50. The fourth-order valence-corrected chi connectivity index (χ4v) is 2.24. The lowest BCUT2D eigenvalue weighted by Gasteiger charge is -2.18. The van der Waals surface area contributed by atoms with E-state index in [0.717, 1.165) is 11.3 Å². The average Bonchev–Trinajstić information content (AvgIpc) is 2.40. The number of pyridine rings is 1. The van der Waals surface area contributed by atoms with E-state index in [1.807, 2.05) is 19.1 Å². The molecule has 0 aliphatic rings. The second kappa shape index (κ2) is 6.25. The van der Waals surface area contributed by atoms with Crippen LogP contribution in [0.15, 0.2) is 36.5 Å². The zero-order chi connectivity index (χ0) is 14.7. The molecule has 0 unspecified atom stereocenters. The molecule has 0 aliphatic carbocycles. The lowest BCUT2D eigenvalue weighted by Crippen LogP contribution is -2.26. The van der Waals surface area contributed by atoms with Crippen molar-refractivity contribution in [2.45, 2.75) is 13.5 Å². The number of halogens is 2. The molecule has 1 aromatic heterocycles. The summed E-state index contributed by atoms with van der Waals surface area (Å²) in [6.07, 6.45) is 1.51. The normalized spacial score (nSPS) is 10.4. The smallest absolute Gasteiger partial charge is 0.256 e. The quantitative estimate of drug-likeness (QED) is 0.859. The number of aryl methyl sites for hydroxylation is 1. The molecule has 5 heteroatoms. The molecule has 3 nitrogen and oxygen atoms in total. The monoisotopic (exact) mass is 308 g/mol. The minimum atomic E-state index is -0.155. The second-order valence-corrected chi connectivity index (χ2v) is 5.44. The van der Waals surface area contributed by atoms with Gasteiger partial charge in [0.05, 0.1) is 10.6 Å². The highest BCUT2D eigenvalue weighted by Crippen LogP contribution is 2.18. The molecule has 0 saturated heterocycles. The van der Waals surface area contributed by atoms with Crippen LogP contribution in [0.1, 0.15) is 21.6 Å². The number of aromatic nitrogens is 1. The van der Waals surface area contributed by atoms with Crippen LogP contribution in [0.5, 0.6) is 0 Å². The molecule has 0 fully saturated rings. The Morgan fingerprint density at radius 3 is 2.50 bits per heavy atom. The number of hydrogen-bond donors (Lipinski definition) is 0. The van der Waals surface area contributed by atoms with Crippen LogP contribution in [0.25, 0.3) is 0 Å². The van der Waals surface area contributed by atoms with E-state index in [9.17, 15) is 4.79 Å². The van der Waals surface area contributed by atoms with Gasteiger partial charge in [0, 0.05) is 30.5 Å². The van der Waals surface area contributed by atoms with Crippen LogP contribution in [0.3, 0.4) is 0 Å². The maximum Gasteiger partial charge on any atom is 0.256 e. The van der Waals surface area contributed by atoms with Crippen LogP contribution in [0.2, 0.25) is 10.0 Å². The Balaban J connectivity index is 2.14. The van der Waals surface area contributed by atoms with Crippen molar-refractivity contribution in [3.63, 3.8) is 0 Å². The number of benzene rings is 1. The molecule has 2 aromatic rings. The Bertz CT molecular complexity index is 626. The molecular weight excluding hydrogens is 295 g/mol. The number of nitrogens with zero attached hydrogens (tertiary/aromatic N) is 2. The zero-order valence-corrected chi connectivity index (χ0v) is 12.7. The van der Waals surface area contributed by atoms with E-state index in [1.54, 1.807) is 30.1 Å². The lowest BCUT2D eigenvalue weighted by atomic mass is 10.2. The van der Waals surface area contributed by atoms with Gasteiger partial charge in [-0.25, -0.2) is 0 Å². The fraction of sp³-hybridized carbons (Fsp3) is 0.200. The Hall–Kier alpha value is -1.58. The Morgan fingerprint density at radius 2 is 1.90 bits per heavy atom. The molecule has 0 bridgehead atoms. The summed E-state index contributed by atoms with van der Waals surface area (Å²) in [7, 11) is 1.73. The van der Waals surface area contributed by atoms with E-state index in [1.165, 1.54) is 6.20 Å². The van der Waals surface area contributed by atoms with Gasteiger partial charge in [-0.2, -0.15) is 0 Å². The van der Waals surface area contributed by atoms with Gasteiger partial charge >= 0.3 is 0 Å². The molecule has 0 atom stereocenters. The predicted molar refractivity (Wildman–Crippen MR) is 81.2 cm³/mol. The summed E-state index contributed by atoms with van der Waals surface area (Å²) in [5.74, 6) is -0.155. The molecule has 0 saturated carbocycles. The highest BCUT2D eigenvalue weighted by atomic mass is 35.5. The van der Waals surface area contributed by atoms with Crippen molar-refractivity contribution in [2.24, 2.45) is 0 Å². The van der Waals surface area contributed by atoms with Crippen LogP contribution in [-0.2, 0) is 6.54 Å². The molecule has 2 rings (SSSR count). The van der Waals surface area contributed by atoms with Gasteiger partial charge in [0.1, 0.15) is 0 Å². The van der Waals surface area contributed by atoms with Crippen molar-refractivity contribution in [2.75, 3.05) is 7.05 Å². The number of hydrogen-bond acceptors (Lipinski definition) is 2. The van der Waals surface area contributed by atoms with Gasteiger partial charge in [-0.05, 0) is 30.7 Å². The number of rotatable bonds is 3. The predicted octanol–water partition coefficient (Wildman–Crippen LogP) is 3.97. The molecule has 1 heterocycles. The van der Waals surface area contributed by atoms with Crippen molar-refractivity contribution in [1.82, 2.24) is 9.88 Å². The summed E-state index contributed by atoms with van der Waals surface area (Å²) in [4.78, 5) is 18.0. The molecular formula is C15H14Cl2N2O. The minimum absolute atomic E-state index is 0.155. The number of amides is 1. The van der Waals surface area contributed by atoms with E-state index >= 15 is 0 Å². The van der Waals surface area contributed by atoms with Crippen molar-refractivity contribution in [1.29, 1.82) is 0 Å². The summed E-state index contributed by atoms with van der Waals surface area (Å²) in [5.41, 5.74) is 2.20. The van der Waals surface area contributed by atoms with Gasteiger partial charge in [0.25, 0.3) is 5.91 Å². The zero-order valence-electron chi connectivity index (χ0n) is 11.2. The van der Waals surface area contributed by atoms with E-state index in [2.05, 4.69) is 4.98 Å². The van der Waals surface area contributed by atoms with Gasteiger partial charge in [-0.3, -0.25) is 9.78 Å². The molecule has 0 radical (unpaired) electrons. The van der Waals surface area contributed by atoms with Crippen LogP contribution in [-0.4, -0.2) is 22.8 Å². The average molecular weight is 309 g/mol. The molecule has 0 spiro atoms. The summed E-state index contributed by atoms with van der Waals surface area (Å²) < 4.78 is 0. The molecule has 20 heavy (non-hydrogen) atoms. The van der Waals surface area contributed by atoms with E-state index in [4.69, 9.17) is 23.2 Å². The van der Waals surface area contributed by atoms with Gasteiger partial charge in [0.2, 0.25) is 0 Å². The summed E-state index contributed by atoms with van der Waals surface area (Å²) in [5, 5.41) is 1.10. The van der Waals surface area contributed by atoms with Gasteiger partial charge in [-0.15, -0.1) is 0 Å². The first-order valence-corrected chi connectivity index (χ1v) is 6.85. The van der Waals surface area contributed by atoms with Crippen LogP contribution >= 0.6 is 23.2 Å². The van der Waals surface area contributed by atoms with E-state index in [0.29, 0.717) is 22.2 Å². The Labute approximate surface area is 128 Å². The summed E-state index contributed by atoms with van der Waals surface area (Å²) in [6, 6.07) is 9.07. The van der Waals surface area contributed by atoms with E-state index < -0.39 is 0 Å². The highest BCUT2D eigenvalue weighted by Gasteiger charge is 2.16. The summed E-state index contributed by atoms with van der Waals surface area (Å²) in [6.45, 7) is 2.32. The van der Waals surface area contributed by atoms with Crippen molar-refractivity contribution in [3.05, 3.63) is 63.4 Å². The molecule has 1 aromatic carbocycles. The van der Waals surface area contributed by atoms with Gasteiger partial charge in [0.15, 0.2) is 0 Å². The lowest BCUT2D eigenvalue weighted by molar-refractivity contribution is 0.0785. The van der Waals surface area contributed by atoms with Crippen molar-refractivity contribution < 1.29 is 4.79 Å². The van der Waals surface area contributed by atoms with Gasteiger partial charge in [-0.1, -0.05) is 35.3 Å².